The number of carbonyl (C=O) groups is 1. The summed E-state index contributed by atoms with van der Waals surface area (Å²) in [7, 11) is 0. The van der Waals surface area contributed by atoms with Gasteiger partial charge >= 0.3 is 12.1 Å². The second-order valence-corrected chi connectivity index (χ2v) is 5.93. The average molecular weight is 348 g/mol. The Kier molecular flexibility index (Phi) is 4.02. The summed E-state index contributed by atoms with van der Waals surface area (Å²) in [6, 6.07) is 8.54. The van der Waals surface area contributed by atoms with E-state index in [2.05, 4.69) is 4.98 Å². The molecule has 4 nitrogen and oxygen atoms in total. The SMILES string of the molecule is Cc1cc(C)c2oc(-c3ccc(C)c(NC(=O)C(F)(F)F)c3)nc2c1. The van der Waals surface area contributed by atoms with E-state index in [1.54, 1.807) is 19.1 Å². The summed E-state index contributed by atoms with van der Waals surface area (Å²) in [5.74, 6) is -1.73. The van der Waals surface area contributed by atoms with Crippen LogP contribution < -0.4 is 5.32 Å². The molecule has 0 aliphatic carbocycles. The lowest BCUT2D eigenvalue weighted by atomic mass is 10.1. The van der Waals surface area contributed by atoms with Gasteiger partial charge in [0.15, 0.2) is 5.58 Å². The van der Waals surface area contributed by atoms with Gasteiger partial charge in [-0.15, -0.1) is 0 Å². The Hall–Kier alpha value is -2.83. The molecule has 2 aromatic carbocycles. The Morgan fingerprint density at radius 1 is 1.08 bits per heavy atom. The summed E-state index contributed by atoms with van der Waals surface area (Å²) in [6.45, 7) is 5.45. The topological polar surface area (TPSA) is 55.1 Å². The zero-order valence-electron chi connectivity index (χ0n) is 13.8. The minimum Gasteiger partial charge on any atom is -0.436 e. The third-order valence-electron chi connectivity index (χ3n) is 3.81. The zero-order valence-corrected chi connectivity index (χ0v) is 13.8. The quantitative estimate of drug-likeness (QED) is 0.715. The van der Waals surface area contributed by atoms with Crippen LogP contribution in [0.15, 0.2) is 34.7 Å². The van der Waals surface area contributed by atoms with Gasteiger partial charge in [0, 0.05) is 11.3 Å². The Morgan fingerprint density at radius 2 is 1.80 bits per heavy atom. The highest BCUT2D eigenvalue weighted by Crippen LogP contribution is 2.30. The first-order valence-electron chi connectivity index (χ1n) is 7.52. The van der Waals surface area contributed by atoms with Gasteiger partial charge in [-0.2, -0.15) is 13.2 Å². The highest BCUT2D eigenvalue weighted by atomic mass is 19.4. The van der Waals surface area contributed by atoms with E-state index in [0.29, 0.717) is 22.2 Å². The van der Waals surface area contributed by atoms with Crippen molar-refractivity contribution in [1.82, 2.24) is 4.98 Å². The number of fused-ring (bicyclic) bond motifs is 1. The van der Waals surface area contributed by atoms with Crippen molar-refractivity contribution in [3.8, 4) is 11.5 Å². The normalized spacial score (nSPS) is 11.8. The summed E-state index contributed by atoms with van der Waals surface area (Å²) in [5.41, 5.74) is 4.31. The minimum atomic E-state index is -4.95. The van der Waals surface area contributed by atoms with E-state index in [1.165, 1.54) is 6.07 Å². The molecule has 0 radical (unpaired) electrons. The standard InChI is InChI=1S/C18H15F3N2O2/c1-9-6-11(3)15-14(7-9)22-16(25-15)12-5-4-10(2)13(8-12)23-17(24)18(19,20)21/h4-8H,1-3H3,(H,23,24). The summed E-state index contributed by atoms with van der Waals surface area (Å²) in [6.07, 6.45) is -4.95. The van der Waals surface area contributed by atoms with E-state index in [4.69, 9.17) is 4.42 Å². The van der Waals surface area contributed by atoms with Crippen LogP contribution in [0.3, 0.4) is 0 Å². The van der Waals surface area contributed by atoms with Crippen molar-refractivity contribution < 1.29 is 22.4 Å². The number of carbonyl (C=O) groups excluding carboxylic acids is 1. The van der Waals surface area contributed by atoms with Crippen molar-refractivity contribution in [2.24, 2.45) is 0 Å². The number of rotatable bonds is 2. The lowest BCUT2D eigenvalue weighted by molar-refractivity contribution is -0.167. The third-order valence-corrected chi connectivity index (χ3v) is 3.81. The number of hydrogen-bond acceptors (Lipinski definition) is 3. The molecule has 1 amide bonds. The minimum absolute atomic E-state index is 0.0648. The van der Waals surface area contributed by atoms with Crippen LogP contribution in [0.1, 0.15) is 16.7 Å². The van der Waals surface area contributed by atoms with Crippen LogP contribution in [0.4, 0.5) is 18.9 Å². The van der Waals surface area contributed by atoms with Gasteiger partial charge in [0.1, 0.15) is 5.52 Å². The molecule has 0 aliphatic heterocycles. The number of aryl methyl sites for hydroxylation is 3. The fraction of sp³-hybridized carbons (Fsp3) is 0.222. The second kappa shape index (κ2) is 5.91. The molecule has 0 saturated carbocycles. The second-order valence-electron chi connectivity index (χ2n) is 5.93. The van der Waals surface area contributed by atoms with E-state index in [-0.39, 0.29) is 11.6 Å². The van der Waals surface area contributed by atoms with E-state index < -0.39 is 12.1 Å². The predicted molar refractivity (Wildman–Crippen MR) is 88.3 cm³/mol. The van der Waals surface area contributed by atoms with Crippen LogP contribution in [-0.2, 0) is 4.79 Å². The lowest BCUT2D eigenvalue weighted by Crippen LogP contribution is -2.30. The Morgan fingerprint density at radius 3 is 2.48 bits per heavy atom. The maximum Gasteiger partial charge on any atom is 0.471 e. The summed E-state index contributed by atoms with van der Waals surface area (Å²) >= 11 is 0. The van der Waals surface area contributed by atoms with Gasteiger partial charge in [-0.3, -0.25) is 4.79 Å². The zero-order chi connectivity index (χ0) is 18.4. The first kappa shape index (κ1) is 17.0. The van der Waals surface area contributed by atoms with Crippen molar-refractivity contribution >= 4 is 22.7 Å². The van der Waals surface area contributed by atoms with Gasteiger partial charge in [0.05, 0.1) is 0 Å². The van der Waals surface area contributed by atoms with E-state index in [0.717, 1.165) is 11.1 Å². The number of anilines is 1. The van der Waals surface area contributed by atoms with Crippen LogP contribution in [0, 0.1) is 20.8 Å². The number of nitrogens with one attached hydrogen (secondary N) is 1. The number of benzene rings is 2. The molecule has 0 saturated heterocycles. The highest BCUT2D eigenvalue weighted by molar-refractivity contribution is 5.96. The van der Waals surface area contributed by atoms with Crippen LogP contribution in [0.2, 0.25) is 0 Å². The number of amides is 1. The molecule has 25 heavy (non-hydrogen) atoms. The number of oxazole rings is 1. The maximum atomic E-state index is 12.5. The molecule has 0 spiro atoms. The summed E-state index contributed by atoms with van der Waals surface area (Å²) in [5, 5.41) is 1.88. The Bertz CT molecular complexity index is 974. The van der Waals surface area contributed by atoms with E-state index in [9.17, 15) is 18.0 Å². The molecule has 0 aliphatic rings. The molecule has 1 aromatic heterocycles. The highest BCUT2D eigenvalue weighted by Gasteiger charge is 2.38. The Balaban J connectivity index is 2.02. The van der Waals surface area contributed by atoms with Crippen molar-refractivity contribution in [1.29, 1.82) is 0 Å². The van der Waals surface area contributed by atoms with Crippen molar-refractivity contribution in [2.45, 2.75) is 26.9 Å². The molecular formula is C18H15F3N2O2. The number of hydrogen-bond donors (Lipinski definition) is 1. The monoisotopic (exact) mass is 348 g/mol. The van der Waals surface area contributed by atoms with Crippen LogP contribution in [0.25, 0.3) is 22.6 Å². The molecular weight excluding hydrogens is 333 g/mol. The predicted octanol–water partition coefficient (Wildman–Crippen LogP) is 4.92. The molecule has 0 fully saturated rings. The van der Waals surface area contributed by atoms with E-state index in [1.807, 2.05) is 31.3 Å². The average Bonchev–Trinajstić information content (AvgIpc) is 2.92. The maximum absolute atomic E-state index is 12.5. The largest absolute Gasteiger partial charge is 0.471 e. The molecule has 1 heterocycles. The molecule has 3 rings (SSSR count). The van der Waals surface area contributed by atoms with Gasteiger partial charge in [-0.05, 0) is 55.7 Å². The van der Waals surface area contributed by atoms with Crippen LogP contribution >= 0.6 is 0 Å². The number of aromatic nitrogens is 1. The third kappa shape index (κ3) is 3.35. The van der Waals surface area contributed by atoms with Crippen LogP contribution in [0.5, 0.6) is 0 Å². The first-order valence-corrected chi connectivity index (χ1v) is 7.52. The van der Waals surface area contributed by atoms with Crippen molar-refractivity contribution in [3.05, 3.63) is 47.0 Å². The fourth-order valence-electron chi connectivity index (χ4n) is 2.58. The molecule has 1 N–H and O–H groups in total. The van der Waals surface area contributed by atoms with Gasteiger partial charge in [0.25, 0.3) is 0 Å². The first-order chi connectivity index (χ1) is 11.6. The number of nitrogens with zero attached hydrogens (tertiary/aromatic N) is 1. The van der Waals surface area contributed by atoms with E-state index >= 15 is 0 Å². The number of halogens is 3. The fourth-order valence-corrected chi connectivity index (χ4v) is 2.58. The Labute approximate surface area is 141 Å². The summed E-state index contributed by atoms with van der Waals surface area (Å²) in [4.78, 5) is 15.6. The lowest BCUT2D eigenvalue weighted by Gasteiger charge is -2.11. The molecule has 130 valence electrons. The molecule has 0 atom stereocenters. The van der Waals surface area contributed by atoms with Crippen molar-refractivity contribution in [2.75, 3.05) is 5.32 Å². The van der Waals surface area contributed by atoms with Crippen molar-refractivity contribution in [3.63, 3.8) is 0 Å². The molecule has 3 aromatic rings. The smallest absolute Gasteiger partial charge is 0.436 e. The van der Waals surface area contributed by atoms with Gasteiger partial charge in [0.2, 0.25) is 5.89 Å². The molecule has 7 heteroatoms. The number of alkyl halides is 3. The van der Waals surface area contributed by atoms with Gasteiger partial charge in [-0.25, -0.2) is 4.98 Å². The van der Waals surface area contributed by atoms with Gasteiger partial charge in [-0.1, -0.05) is 12.1 Å². The molecule has 0 bridgehead atoms. The summed E-state index contributed by atoms with van der Waals surface area (Å²) < 4.78 is 43.2. The molecule has 0 unspecified atom stereocenters. The van der Waals surface area contributed by atoms with Gasteiger partial charge < -0.3 is 9.73 Å². The van der Waals surface area contributed by atoms with Crippen LogP contribution in [-0.4, -0.2) is 17.1 Å².